The lowest BCUT2D eigenvalue weighted by atomic mass is 9.97. The summed E-state index contributed by atoms with van der Waals surface area (Å²) in [6, 6.07) is 0. The average molecular weight is 411 g/mol. The van der Waals surface area contributed by atoms with Crippen molar-refractivity contribution in [2.75, 3.05) is 38.6 Å². The lowest BCUT2D eigenvalue weighted by molar-refractivity contribution is -0.910. The summed E-state index contributed by atoms with van der Waals surface area (Å²) < 4.78 is 7.16. The zero-order valence-electron chi connectivity index (χ0n) is 15.8. The number of aryl methyl sites for hydroxylation is 2. The first-order chi connectivity index (χ1) is 13.2. The van der Waals surface area contributed by atoms with Crippen molar-refractivity contribution in [2.24, 2.45) is 0 Å². The number of nitrogens with one attached hydrogen (secondary N) is 1. The van der Waals surface area contributed by atoms with E-state index in [4.69, 9.17) is 9.72 Å². The normalized spacial score (nSPS) is 19.3. The number of aliphatic hydroxyl groups is 1. The molecule has 0 radical (unpaired) electrons. The van der Waals surface area contributed by atoms with Gasteiger partial charge in [-0.25, -0.2) is 4.98 Å². The summed E-state index contributed by atoms with van der Waals surface area (Å²) in [7, 11) is 0. The van der Waals surface area contributed by atoms with Gasteiger partial charge in [0.15, 0.2) is 5.16 Å². The van der Waals surface area contributed by atoms with Crippen molar-refractivity contribution in [1.82, 2.24) is 9.55 Å². The second-order valence-electron chi connectivity index (χ2n) is 7.37. The molecule has 2 aliphatic rings. The molecule has 0 amide bonds. The molecule has 1 atom stereocenters. The minimum atomic E-state index is -0.405. The van der Waals surface area contributed by atoms with E-state index in [9.17, 15) is 9.90 Å². The fourth-order valence-corrected chi connectivity index (χ4v) is 6.33. The van der Waals surface area contributed by atoms with Crippen LogP contribution in [0.1, 0.15) is 30.2 Å². The third-order valence-electron chi connectivity index (χ3n) is 5.49. The zero-order valence-corrected chi connectivity index (χ0v) is 17.5. The summed E-state index contributed by atoms with van der Waals surface area (Å²) in [5.41, 5.74) is 1.34. The van der Waals surface area contributed by atoms with Gasteiger partial charge in [0.25, 0.3) is 5.56 Å². The van der Waals surface area contributed by atoms with Crippen molar-refractivity contribution < 1.29 is 14.7 Å². The maximum atomic E-state index is 13.1. The van der Waals surface area contributed by atoms with Crippen molar-refractivity contribution in [3.8, 4) is 0 Å². The highest BCUT2D eigenvalue weighted by atomic mass is 32.2. The molecule has 1 aliphatic heterocycles. The number of rotatable bonds is 6. The Bertz CT molecular complexity index is 858. The van der Waals surface area contributed by atoms with Crippen molar-refractivity contribution in [3.05, 3.63) is 20.8 Å². The van der Waals surface area contributed by atoms with Gasteiger partial charge in [-0.15, -0.1) is 11.3 Å². The van der Waals surface area contributed by atoms with Crippen LogP contribution in [0.5, 0.6) is 0 Å². The predicted octanol–water partition coefficient (Wildman–Crippen LogP) is 0.725. The van der Waals surface area contributed by atoms with Crippen LogP contribution in [0.3, 0.4) is 0 Å². The Kier molecular flexibility index (Phi) is 6.18. The molecule has 0 unspecified atom stereocenters. The SMILES string of the molecule is CCn1c(SC[C@@H](O)C[NH+]2CCOCC2)nc2sc3c(c2c1=O)CCCC3. The fraction of sp³-hybridized carbons (Fsp3) is 0.684. The van der Waals surface area contributed by atoms with Crippen LogP contribution >= 0.6 is 23.1 Å². The molecule has 2 aromatic heterocycles. The Balaban J connectivity index is 1.53. The Labute approximate surface area is 167 Å². The number of quaternary nitrogens is 1. The van der Waals surface area contributed by atoms with E-state index in [-0.39, 0.29) is 5.56 Å². The summed E-state index contributed by atoms with van der Waals surface area (Å²) in [5, 5.41) is 12.0. The second-order valence-corrected chi connectivity index (χ2v) is 9.44. The van der Waals surface area contributed by atoms with Gasteiger partial charge in [0.2, 0.25) is 0 Å². The first-order valence-electron chi connectivity index (χ1n) is 9.94. The van der Waals surface area contributed by atoms with Gasteiger partial charge in [0.05, 0.1) is 18.6 Å². The van der Waals surface area contributed by atoms with Gasteiger partial charge in [-0.3, -0.25) is 9.36 Å². The number of hydrogen-bond acceptors (Lipinski definition) is 6. The Hall–Kier alpha value is -0.930. The lowest BCUT2D eigenvalue weighted by Crippen LogP contribution is -3.15. The van der Waals surface area contributed by atoms with E-state index in [0.717, 1.165) is 67.5 Å². The number of aromatic nitrogens is 2. The topological polar surface area (TPSA) is 68.8 Å². The zero-order chi connectivity index (χ0) is 18.8. The molecule has 4 rings (SSSR count). The van der Waals surface area contributed by atoms with Gasteiger partial charge >= 0.3 is 0 Å². The monoisotopic (exact) mass is 410 g/mol. The van der Waals surface area contributed by atoms with Gasteiger partial charge in [-0.05, 0) is 38.2 Å². The van der Waals surface area contributed by atoms with Gasteiger partial charge in [0, 0.05) is 17.2 Å². The molecular weight excluding hydrogens is 382 g/mol. The highest BCUT2D eigenvalue weighted by molar-refractivity contribution is 7.99. The molecule has 2 aromatic rings. The van der Waals surface area contributed by atoms with Crippen LogP contribution < -0.4 is 10.5 Å². The van der Waals surface area contributed by atoms with E-state index in [2.05, 4.69) is 0 Å². The van der Waals surface area contributed by atoms with Crippen molar-refractivity contribution in [3.63, 3.8) is 0 Å². The Morgan fingerprint density at radius 1 is 1.33 bits per heavy atom. The van der Waals surface area contributed by atoms with Crippen molar-refractivity contribution in [2.45, 2.75) is 50.4 Å². The number of hydrogen-bond donors (Lipinski definition) is 2. The molecule has 1 fully saturated rings. The van der Waals surface area contributed by atoms with E-state index in [1.54, 1.807) is 15.9 Å². The summed E-state index contributed by atoms with van der Waals surface area (Å²) in [5.74, 6) is 0.563. The van der Waals surface area contributed by atoms with E-state index in [0.29, 0.717) is 12.3 Å². The fourth-order valence-electron chi connectivity index (χ4n) is 4.04. The largest absolute Gasteiger partial charge is 0.386 e. The van der Waals surface area contributed by atoms with Gasteiger partial charge < -0.3 is 14.7 Å². The van der Waals surface area contributed by atoms with Crippen molar-refractivity contribution in [1.29, 1.82) is 0 Å². The molecule has 8 heteroatoms. The molecule has 0 spiro atoms. The first-order valence-corrected chi connectivity index (χ1v) is 11.7. The molecule has 0 saturated carbocycles. The average Bonchev–Trinajstić information content (AvgIpc) is 3.06. The first kappa shape index (κ1) is 19.4. The Morgan fingerprint density at radius 2 is 2.11 bits per heavy atom. The maximum Gasteiger partial charge on any atom is 0.263 e. The highest BCUT2D eigenvalue weighted by Gasteiger charge is 2.23. The minimum absolute atomic E-state index is 0.0951. The lowest BCUT2D eigenvalue weighted by Gasteiger charge is -2.25. The molecule has 148 valence electrons. The molecule has 0 aromatic carbocycles. The molecule has 0 bridgehead atoms. The quantitative estimate of drug-likeness (QED) is 0.543. The predicted molar refractivity (Wildman–Crippen MR) is 109 cm³/mol. The number of fused-ring (bicyclic) bond motifs is 3. The van der Waals surface area contributed by atoms with E-state index >= 15 is 0 Å². The van der Waals surface area contributed by atoms with Gasteiger partial charge in [0.1, 0.15) is 30.6 Å². The number of thioether (sulfide) groups is 1. The minimum Gasteiger partial charge on any atom is -0.386 e. The molecule has 27 heavy (non-hydrogen) atoms. The van der Waals surface area contributed by atoms with Crippen LogP contribution in [-0.4, -0.2) is 59.4 Å². The van der Waals surface area contributed by atoms with Crippen LogP contribution in [-0.2, 0) is 24.1 Å². The van der Waals surface area contributed by atoms with E-state index in [1.165, 1.54) is 33.5 Å². The number of thiophene rings is 1. The maximum absolute atomic E-state index is 13.1. The van der Waals surface area contributed by atoms with Crippen LogP contribution in [0.2, 0.25) is 0 Å². The van der Waals surface area contributed by atoms with Crippen molar-refractivity contribution >= 4 is 33.3 Å². The molecule has 3 heterocycles. The summed E-state index contributed by atoms with van der Waals surface area (Å²) in [6.07, 6.45) is 4.04. The number of morpholine rings is 1. The summed E-state index contributed by atoms with van der Waals surface area (Å²) in [4.78, 5) is 21.6. The number of ether oxygens (including phenoxy) is 1. The van der Waals surface area contributed by atoms with Gasteiger partial charge in [-0.1, -0.05) is 11.8 Å². The van der Waals surface area contributed by atoms with Crippen LogP contribution in [0.25, 0.3) is 10.2 Å². The third-order valence-corrected chi connectivity index (χ3v) is 7.79. The smallest absolute Gasteiger partial charge is 0.263 e. The molecule has 1 aliphatic carbocycles. The van der Waals surface area contributed by atoms with Crippen LogP contribution in [0.4, 0.5) is 0 Å². The van der Waals surface area contributed by atoms with Crippen LogP contribution in [0, 0.1) is 0 Å². The van der Waals surface area contributed by atoms with E-state index in [1.807, 2.05) is 6.92 Å². The second kappa shape index (κ2) is 8.61. The number of nitrogens with zero attached hydrogens (tertiary/aromatic N) is 2. The number of aliphatic hydroxyl groups excluding tert-OH is 1. The molecule has 1 saturated heterocycles. The Morgan fingerprint density at radius 3 is 2.89 bits per heavy atom. The summed E-state index contributed by atoms with van der Waals surface area (Å²) in [6.45, 7) is 6.77. The molecule has 2 N–H and O–H groups in total. The van der Waals surface area contributed by atoms with Crippen LogP contribution in [0.15, 0.2) is 9.95 Å². The summed E-state index contributed by atoms with van der Waals surface area (Å²) >= 11 is 3.20. The van der Waals surface area contributed by atoms with E-state index < -0.39 is 6.10 Å². The highest BCUT2D eigenvalue weighted by Crippen LogP contribution is 2.34. The molecular formula is C19H28N3O3S2+. The molecule has 6 nitrogen and oxygen atoms in total. The third kappa shape index (κ3) is 4.10. The van der Waals surface area contributed by atoms with Gasteiger partial charge in [-0.2, -0.15) is 0 Å². The standard InChI is InChI=1S/C19H27N3O3S2/c1-2-22-18(24)16-14-5-3-4-6-15(14)27-17(16)20-19(22)26-12-13(23)11-21-7-9-25-10-8-21/h13,23H,2-12H2,1H3/p+1/t13-/m0/s1.